The molecule has 0 aromatic heterocycles. The van der Waals surface area contributed by atoms with Crippen LogP contribution in [0.2, 0.25) is 0 Å². The summed E-state index contributed by atoms with van der Waals surface area (Å²) in [5.41, 5.74) is 0. The van der Waals surface area contributed by atoms with Crippen LogP contribution in [-0.2, 0) is 9.47 Å². The zero-order chi connectivity index (χ0) is 13.2. The highest BCUT2D eigenvalue weighted by atomic mass is 16.7. The predicted octanol–water partition coefficient (Wildman–Crippen LogP) is 1.71. The normalized spacial score (nSPS) is 17.8. The van der Waals surface area contributed by atoms with Crippen LogP contribution in [0.1, 0.15) is 33.1 Å². The molecule has 1 heterocycles. The van der Waals surface area contributed by atoms with Crippen molar-refractivity contribution < 1.29 is 9.47 Å². The van der Waals surface area contributed by atoms with Gasteiger partial charge in [-0.1, -0.05) is 0 Å². The monoisotopic (exact) mass is 258 g/mol. The number of hydrogen-bond donors (Lipinski definition) is 1. The summed E-state index contributed by atoms with van der Waals surface area (Å²) in [6.07, 6.45) is 3.55. The molecule has 0 bridgehead atoms. The number of piperidine rings is 1. The summed E-state index contributed by atoms with van der Waals surface area (Å²) in [4.78, 5) is 2.42. The Morgan fingerprint density at radius 3 is 2.33 bits per heavy atom. The SMILES string of the molecule is CCOC(CCN(C)CC1CCNCC1)OCC. The van der Waals surface area contributed by atoms with Crippen molar-refractivity contribution in [1.82, 2.24) is 10.2 Å². The molecule has 1 aliphatic rings. The fourth-order valence-corrected chi connectivity index (χ4v) is 2.51. The predicted molar refractivity (Wildman–Crippen MR) is 74.7 cm³/mol. The van der Waals surface area contributed by atoms with Crippen molar-refractivity contribution in [2.24, 2.45) is 5.92 Å². The topological polar surface area (TPSA) is 33.7 Å². The molecule has 4 nitrogen and oxygen atoms in total. The molecule has 0 aromatic carbocycles. The van der Waals surface area contributed by atoms with E-state index in [1.807, 2.05) is 13.8 Å². The minimum absolute atomic E-state index is 0.0320. The Morgan fingerprint density at radius 1 is 1.17 bits per heavy atom. The first-order chi connectivity index (χ1) is 8.76. The summed E-state index contributed by atoms with van der Waals surface area (Å²) < 4.78 is 11.1. The molecule has 1 rings (SSSR count). The molecule has 0 aromatic rings. The summed E-state index contributed by atoms with van der Waals surface area (Å²) in [7, 11) is 2.21. The van der Waals surface area contributed by atoms with E-state index in [0.717, 1.165) is 32.1 Å². The number of ether oxygens (including phenoxy) is 2. The number of nitrogens with zero attached hydrogens (tertiary/aromatic N) is 1. The highest BCUT2D eigenvalue weighted by Crippen LogP contribution is 2.13. The highest BCUT2D eigenvalue weighted by Gasteiger charge is 2.16. The maximum atomic E-state index is 5.56. The maximum Gasteiger partial charge on any atom is 0.158 e. The van der Waals surface area contributed by atoms with E-state index in [0.29, 0.717) is 0 Å². The van der Waals surface area contributed by atoms with Crippen LogP contribution in [0.4, 0.5) is 0 Å². The minimum Gasteiger partial charge on any atom is -0.353 e. The molecule has 0 aliphatic carbocycles. The van der Waals surface area contributed by atoms with E-state index in [4.69, 9.17) is 9.47 Å². The highest BCUT2D eigenvalue weighted by molar-refractivity contribution is 4.71. The van der Waals surface area contributed by atoms with Gasteiger partial charge < -0.3 is 19.7 Å². The van der Waals surface area contributed by atoms with Gasteiger partial charge in [-0.25, -0.2) is 0 Å². The Kier molecular flexibility index (Phi) is 8.59. The van der Waals surface area contributed by atoms with E-state index in [2.05, 4.69) is 17.3 Å². The number of rotatable bonds is 9. The lowest BCUT2D eigenvalue weighted by Gasteiger charge is -2.28. The molecule has 4 heteroatoms. The fourth-order valence-electron chi connectivity index (χ4n) is 2.51. The average molecular weight is 258 g/mol. The van der Waals surface area contributed by atoms with Crippen LogP contribution < -0.4 is 5.32 Å². The lowest BCUT2D eigenvalue weighted by Crippen LogP contribution is -2.36. The fraction of sp³-hybridized carbons (Fsp3) is 1.00. The first kappa shape index (κ1) is 15.9. The molecular formula is C14H30N2O2. The second-order valence-electron chi connectivity index (χ2n) is 5.08. The summed E-state index contributed by atoms with van der Waals surface area (Å²) in [5.74, 6) is 0.855. The van der Waals surface area contributed by atoms with Gasteiger partial charge in [0, 0.05) is 32.7 Å². The number of hydrogen-bond acceptors (Lipinski definition) is 4. The summed E-state index contributed by atoms with van der Waals surface area (Å²) in [5, 5.41) is 3.41. The third kappa shape index (κ3) is 6.69. The first-order valence-electron chi connectivity index (χ1n) is 7.38. The van der Waals surface area contributed by atoms with Crippen molar-refractivity contribution >= 4 is 0 Å². The lowest BCUT2D eigenvalue weighted by molar-refractivity contribution is -0.141. The second kappa shape index (κ2) is 9.73. The van der Waals surface area contributed by atoms with Gasteiger partial charge in [0.15, 0.2) is 6.29 Å². The van der Waals surface area contributed by atoms with E-state index >= 15 is 0 Å². The van der Waals surface area contributed by atoms with Crippen LogP contribution in [0.15, 0.2) is 0 Å². The lowest BCUT2D eigenvalue weighted by atomic mass is 9.98. The molecule has 1 fully saturated rings. The van der Waals surface area contributed by atoms with Crippen LogP contribution >= 0.6 is 0 Å². The quantitative estimate of drug-likeness (QED) is 0.638. The Hall–Kier alpha value is -0.160. The van der Waals surface area contributed by atoms with E-state index in [9.17, 15) is 0 Å². The molecular weight excluding hydrogens is 228 g/mol. The molecule has 1 aliphatic heterocycles. The number of nitrogens with one attached hydrogen (secondary N) is 1. The molecule has 0 saturated carbocycles. The molecule has 0 unspecified atom stereocenters. The third-order valence-corrected chi connectivity index (χ3v) is 3.48. The second-order valence-corrected chi connectivity index (χ2v) is 5.08. The van der Waals surface area contributed by atoms with Crippen molar-refractivity contribution in [3.05, 3.63) is 0 Å². The summed E-state index contributed by atoms with van der Waals surface area (Å²) in [6.45, 7) is 10.1. The molecule has 1 N–H and O–H groups in total. The van der Waals surface area contributed by atoms with Gasteiger partial charge in [0.25, 0.3) is 0 Å². The van der Waals surface area contributed by atoms with Gasteiger partial charge in [-0.05, 0) is 52.7 Å². The largest absolute Gasteiger partial charge is 0.353 e. The summed E-state index contributed by atoms with van der Waals surface area (Å²) in [6, 6.07) is 0. The standard InChI is InChI=1S/C14H30N2O2/c1-4-17-14(18-5-2)8-11-16(3)12-13-6-9-15-10-7-13/h13-15H,4-12H2,1-3H3. The Morgan fingerprint density at radius 2 is 1.78 bits per heavy atom. The molecule has 1 saturated heterocycles. The van der Waals surface area contributed by atoms with E-state index in [1.165, 1.54) is 32.5 Å². The maximum absolute atomic E-state index is 5.56. The van der Waals surface area contributed by atoms with Gasteiger partial charge in [-0.2, -0.15) is 0 Å². The molecule has 0 amide bonds. The smallest absolute Gasteiger partial charge is 0.158 e. The van der Waals surface area contributed by atoms with Crippen LogP contribution in [0.3, 0.4) is 0 Å². The molecule has 0 atom stereocenters. The molecule has 0 spiro atoms. The van der Waals surface area contributed by atoms with Crippen LogP contribution in [0, 0.1) is 5.92 Å². The zero-order valence-electron chi connectivity index (χ0n) is 12.3. The summed E-state index contributed by atoms with van der Waals surface area (Å²) >= 11 is 0. The van der Waals surface area contributed by atoms with Gasteiger partial charge >= 0.3 is 0 Å². The Bertz CT molecular complexity index is 190. The minimum atomic E-state index is -0.0320. The van der Waals surface area contributed by atoms with Gasteiger partial charge in [-0.3, -0.25) is 0 Å². The molecule has 108 valence electrons. The third-order valence-electron chi connectivity index (χ3n) is 3.48. The van der Waals surface area contributed by atoms with Gasteiger partial charge in [0.1, 0.15) is 0 Å². The van der Waals surface area contributed by atoms with Crippen LogP contribution in [0.25, 0.3) is 0 Å². The van der Waals surface area contributed by atoms with Gasteiger partial charge in [0.2, 0.25) is 0 Å². The van der Waals surface area contributed by atoms with Crippen molar-refractivity contribution in [3.8, 4) is 0 Å². The van der Waals surface area contributed by atoms with Crippen molar-refractivity contribution in [1.29, 1.82) is 0 Å². The van der Waals surface area contributed by atoms with Gasteiger partial charge in [-0.15, -0.1) is 0 Å². The van der Waals surface area contributed by atoms with E-state index < -0.39 is 0 Å². The Labute approximate surface area is 112 Å². The van der Waals surface area contributed by atoms with Gasteiger partial charge in [0.05, 0.1) is 0 Å². The van der Waals surface area contributed by atoms with E-state index in [-0.39, 0.29) is 6.29 Å². The van der Waals surface area contributed by atoms with Crippen molar-refractivity contribution in [3.63, 3.8) is 0 Å². The molecule has 18 heavy (non-hydrogen) atoms. The van der Waals surface area contributed by atoms with Crippen LogP contribution in [-0.4, -0.2) is 57.6 Å². The van der Waals surface area contributed by atoms with E-state index in [1.54, 1.807) is 0 Å². The van der Waals surface area contributed by atoms with Crippen molar-refractivity contribution in [2.45, 2.75) is 39.4 Å². The Balaban J connectivity index is 2.15. The van der Waals surface area contributed by atoms with Crippen LogP contribution in [0.5, 0.6) is 0 Å². The zero-order valence-corrected chi connectivity index (χ0v) is 12.3. The molecule has 0 radical (unpaired) electrons. The first-order valence-corrected chi connectivity index (χ1v) is 7.38. The average Bonchev–Trinajstić information content (AvgIpc) is 2.38. The van der Waals surface area contributed by atoms with Crippen molar-refractivity contribution in [2.75, 3.05) is 46.4 Å².